The zero-order chi connectivity index (χ0) is 16.2. The van der Waals surface area contributed by atoms with Crippen molar-refractivity contribution in [1.82, 2.24) is 10.2 Å². The second-order valence-electron chi connectivity index (χ2n) is 5.87. The van der Waals surface area contributed by atoms with Crippen LogP contribution in [-0.4, -0.2) is 49.8 Å². The van der Waals surface area contributed by atoms with E-state index in [0.717, 1.165) is 43.9 Å². The number of nitrogens with zero attached hydrogens (tertiary/aromatic N) is 2. The smallest absolute Gasteiger partial charge is 0.264 e. The Morgan fingerprint density at radius 3 is 3.13 bits per heavy atom. The first-order valence-corrected chi connectivity index (χ1v) is 8.59. The molecule has 0 spiro atoms. The summed E-state index contributed by atoms with van der Waals surface area (Å²) in [4.78, 5) is 19.3. The Morgan fingerprint density at radius 1 is 1.43 bits per heavy atom. The van der Waals surface area contributed by atoms with Crippen molar-refractivity contribution in [2.75, 3.05) is 33.8 Å². The molecule has 0 saturated carbocycles. The van der Waals surface area contributed by atoms with Gasteiger partial charge in [0.05, 0.1) is 11.5 Å². The number of thioether (sulfide) groups is 1. The van der Waals surface area contributed by atoms with Crippen LogP contribution < -0.4 is 10.1 Å². The van der Waals surface area contributed by atoms with E-state index in [1.165, 1.54) is 17.3 Å². The minimum absolute atomic E-state index is 0.0712. The Bertz CT molecular complexity index is 668. The highest BCUT2D eigenvalue weighted by atomic mass is 32.2. The number of hydrogen-bond acceptors (Lipinski definition) is 5. The van der Waals surface area contributed by atoms with Gasteiger partial charge in [-0.2, -0.15) is 0 Å². The number of hydrogen-bond donors (Lipinski definition) is 1. The van der Waals surface area contributed by atoms with Gasteiger partial charge in [-0.1, -0.05) is 6.07 Å². The van der Waals surface area contributed by atoms with Crippen LogP contribution in [-0.2, 0) is 11.2 Å². The molecule has 0 atom stereocenters. The van der Waals surface area contributed by atoms with Gasteiger partial charge in [-0.3, -0.25) is 9.79 Å². The average molecular weight is 331 g/mol. The second-order valence-corrected chi connectivity index (χ2v) is 6.90. The minimum atomic E-state index is -0.0712. The molecular weight excluding hydrogens is 310 g/mol. The molecular formula is C17H21N3O2S. The van der Waals surface area contributed by atoms with E-state index in [4.69, 9.17) is 4.74 Å². The summed E-state index contributed by atoms with van der Waals surface area (Å²) in [6.07, 6.45) is 3.84. The van der Waals surface area contributed by atoms with Crippen molar-refractivity contribution in [3.8, 4) is 5.75 Å². The maximum Gasteiger partial charge on any atom is 0.264 e. The molecule has 0 bridgehead atoms. The highest BCUT2D eigenvalue weighted by molar-refractivity contribution is 8.18. The number of nitrogens with one attached hydrogen (secondary N) is 1. The zero-order valence-electron chi connectivity index (χ0n) is 13.5. The fourth-order valence-electron chi connectivity index (χ4n) is 2.52. The van der Waals surface area contributed by atoms with Gasteiger partial charge < -0.3 is 15.0 Å². The molecule has 1 N–H and O–H groups in total. The van der Waals surface area contributed by atoms with Crippen LogP contribution in [0.4, 0.5) is 0 Å². The summed E-state index contributed by atoms with van der Waals surface area (Å²) >= 11 is 1.41. The lowest BCUT2D eigenvalue weighted by molar-refractivity contribution is -0.115. The molecule has 0 aliphatic carbocycles. The number of aliphatic imine (C=N–C) groups is 1. The van der Waals surface area contributed by atoms with Crippen LogP contribution in [0.2, 0.25) is 0 Å². The van der Waals surface area contributed by atoms with Crippen LogP contribution in [0.15, 0.2) is 28.1 Å². The first-order chi connectivity index (χ1) is 11.1. The van der Waals surface area contributed by atoms with Gasteiger partial charge in [0.1, 0.15) is 5.75 Å². The molecule has 5 nitrogen and oxygen atoms in total. The monoisotopic (exact) mass is 331 g/mol. The Hall–Kier alpha value is -1.79. The van der Waals surface area contributed by atoms with E-state index in [0.29, 0.717) is 10.1 Å². The SMILES string of the molecule is CN(C)CCCN=C1NC(=O)C(=Cc2ccc3c(c2)CCO3)S1. The normalized spacial score (nSPS) is 20.2. The van der Waals surface area contributed by atoms with Gasteiger partial charge in [0.15, 0.2) is 5.17 Å². The van der Waals surface area contributed by atoms with E-state index >= 15 is 0 Å². The number of benzene rings is 1. The molecule has 2 aliphatic heterocycles. The van der Waals surface area contributed by atoms with Gasteiger partial charge in [-0.05, 0) is 68.2 Å². The van der Waals surface area contributed by atoms with Gasteiger partial charge in [0.25, 0.3) is 5.91 Å². The average Bonchev–Trinajstić information content (AvgIpc) is 3.10. The summed E-state index contributed by atoms with van der Waals surface area (Å²) in [6.45, 7) is 2.47. The molecule has 3 rings (SSSR count). The van der Waals surface area contributed by atoms with Crippen molar-refractivity contribution in [2.45, 2.75) is 12.8 Å². The molecule has 0 unspecified atom stereocenters. The topological polar surface area (TPSA) is 53.9 Å². The highest BCUT2D eigenvalue weighted by Gasteiger charge is 2.23. The number of ether oxygens (including phenoxy) is 1. The van der Waals surface area contributed by atoms with Gasteiger partial charge in [0, 0.05) is 13.0 Å². The van der Waals surface area contributed by atoms with Gasteiger partial charge in [-0.25, -0.2) is 0 Å². The van der Waals surface area contributed by atoms with E-state index in [9.17, 15) is 4.79 Å². The van der Waals surface area contributed by atoms with E-state index in [2.05, 4.69) is 21.3 Å². The predicted molar refractivity (Wildman–Crippen MR) is 94.8 cm³/mol. The summed E-state index contributed by atoms with van der Waals surface area (Å²) < 4.78 is 5.51. The molecule has 0 radical (unpaired) electrons. The lowest BCUT2D eigenvalue weighted by Crippen LogP contribution is -2.20. The Morgan fingerprint density at radius 2 is 2.30 bits per heavy atom. The van der Waals surface area contributed by atoms with Crippen LogP contribution in [0.1, 0.15) is 17.5 Å². The number of fused-ring (bicyclic) bond motifs is 1. The third-order valence-corrected chi connectivity index (χ3v) is 4.63. The van der Waals surface area contributed by atoms with Crippen molar-refractivity contribution in [3.63, 3.8) is 0 Å². The van der Waals surface area contributed by atoms with E-state index in [1.807, 2.05) is 32.3 Å². The lowest BCUT2D eigenvalue weighted by Gasteiger charge is -2.06. The van der Waals surface area contributed by atoms with Crippen molar-refractivity contribution in [2.24, 2.45) is 4.99 Å². The third-order valence-electron chi connectivity index (χ3n) is 3.68. The van der Waals surface area contributed by atoms with Crippen LogP contribution in [0, 0.1) is 0 Å². The number of amides is 1. The minimum Gasteiger partial charge on any atom is -0.493 e. The molecule has 1 saturated heterocycles. The number of carbonyl (C=O) groups is 1. The first kappa shape index (κ1) is 16.1. The summed E-state index contributed by atoms with van der Waals surface area (Å²) in [5, 5.41) is 3.53. The Kier molecular flexibility index (Phi) is 5.03. The van der Waals surface area contributed by atoms with Crippen LogP contribution in [0.5, 0.6) is 5.75 Å². The Balaban J connectivity index is 1.64. The molecule has 2 aliphatic rings. The number of rotatable bonds is 5. The molecule has 0 aromatic heterocycles. The number of carbonyl (C=O) groups excluding carboxylic acids is 1. The van der Waals surface area contributed by atoms with Gasteiger partial charge in [-0.15, -0.1) is 0 Å². The maximum atomic E-state index is 12.0. The maximum absolute atomic E-state index is 12.0. The van der Waals surface area contributed by atoms with E-state index in [-0.39, 0.29) is 5.91 Å². The molecule has 2 heterocycles. The summed E-state index contributed by atoms with van der Waals surface area (Å²) in [5.74, 6) is 0.886. The molecule has 1 aromatic rings. The largest absolute Gasteiger partial charge is 0.493 e. The summed E-state index contributed by atoms with van der Waals surface area (Å²) in [5.41, 5.74) is 2.24. The third kappa shape index (κ3) is 4.14. The van der Waals surface area contributed by atoms with Crippen molar-refractivity contribution in [1.29, 1.82) is 0 Å². The first-order valence-electron chi connectivity index (χ1n) is 7.77. The molecule has 1 fully saturated rings. The quantitative estimate of drug-likeness (QED) is 0.663. The second kappa shape index (κ2) is 7.19. The van der Waals surface area contributed by atoms with Crippen molar-refractivity contribution in [3.05, 3.63) is 34.2 Å². The standard InChI is InChI=1S/C17H21N3O2S/c1-20(2)8-3-7-18-17-19-16(21)15(23-17)11-12-4-5-14-13(10-12)6-9-22-14/h4-5,10-11H,3,6-9H2,1-2H3,(H,18,19,21). The number of amidine groups is 1. The molecule has 1 aromatic carbocycles. The van der Waals surface area contributed by atoms with E-state index in [1.54, 1.807) is 0 Å². The molecule has 23 heavy (non-hydrogen) atoms. The molecule has 6 heteroatoms. The molecule has 122 valence electrons. The highest BCUT2D eigenvalue weighted by Crippen LogP contribution is 2.30. The molecule has 1 amide bonds. The van der Waals surface area contributed by atoms with Crippen LogP contribution in [0.25, 0.3) is 6.08 Å². The van der Waals surface area contributed by atoms with Gasteiger partial charge >= 0.3 is 0 Å². The van der Waals surface area contributed by atoms with E-state index < -0.39 is 0 Å². The summed E-state index contributed by atoms with van der Waals surface area (Å²) in [6, 6.07) is 6.05. The van der Waals surface area contributed by atoms with Crippen LogP contribution >= 0.6 is 11.8 Å². The van der Waals surface area contributed by atoms with Crippen LogP contribution in [0.3, 0.4) is 0 Å². The van der Waals surface area contributed by atoms with Crippen molar-refractivity contribution < 1.29 is 9.53 Å². The fourth-order valence-corrected chi connectivity index (χ4v) is 3.36. The summed E-state index contributed by atoms with van der Waals surface area (Å²) in [7, 11) is 4.09. The fraction of sp³-hybridized carbons (Fsp3) is 0.412. The van der Waals surface area contributed by atoms with Gasteiger partial charge in [0.2, 0.25) is 0 Å². The predicted octanol–water partition coefficient (Wildman–Crippen LogP) is 2.13. The van der Waals surface area contributed by atoms with Crippen molar-refractivity contribution >= 4 is 28.9 Å². The zero-order valence-corrected chi connectivity index (χ0v) is 14.3. The Labute approximate surface area is 140 Å². The lowest BCUT2D eigenvalue weighted by atomic mass is 10.1.